The van der Waals surface area contributed by atoms with Gasteiger partial charge in [0, 0.05) is 0 Å². The van der Waals surface area contributed by atoms with Gasteiger partial charge in [-0.15, -0.1) is 0 Å². The molecular weight excluding hydrogens is 727 g/mol. The molecule has 0 unspecified atom stereocenters. The first kappa shape index (κ1) is 50.2. The molecule has 3 atom stereocenters. The third-order valence-electron chi connectivity index (χ3n) is 11.8. The number of amides is 1. The summed E-state index contributed by atoms with van der Waals surface area (Å²) in [5.74, 6) is 0. The Balaban J connectivity index is 2.58. The summed E-state index contributed by atoms with van der Waals surface area (Å²) >= 11 is 0. The number of benzene rings is 2. The highest BCUT2D eigenvalue weighted by atomic mass is 28.4. The molecule has 0 spiro atoms. The molecule has 2 aromatic carbocycles. The number of alkyl carbamates (subject to hydrolysis) is 1. The summed E-state index contributed by atoms with van der Waals surface area (Å²) in [6.45, 7) is 28.6. The second kappa shape index (κ2) is 24.2. The monoisotopic (exact) mass is 812 g/mol. The van der Waals surface area contributed by atoms with Gasteiger partial charge in [-0.25, -0.2) is 4.79 Å². The van der Waals surface area contributed by atoms with E-state index >= 15 is 0 Å². The molecule has 6 nitrogen and oxygen atoms in total. The Morgan fingerprint density at radius 2 is 1.07 bits per heavy atom. The SMILES string of the molecule is CCCCCCCCCCCCCC[C@@H](O)[C@@H](O[Si](c1ccccc1)(c1ccccc1)C(C)(C)C)[C@H](CO[Si](C(C)C)(C(C)C)C(C)C)NC(=O)OC(C)(C)C. The van der Waals surface area contributed by atoms with Gasteiger partial charge >= 0.3 is 6.09 Å². The normalized spacial score (nSPS) is 14.7. The van der Waals surface area contributed by atoms with Gasteiger partial charge in [-0.3, -0.25) is 0 Å². The van der Waals surface area contributed by atoms with Crippen molar-refractivity contribution in [3.8, 4) is 0 Å². The Hall–Kier alpha value is -1.98. The summed E-state index contributed by atoms with van der Waals surface area (Å²) < 4.78 is 20.9. The lowest BCUT2D eigenvalue weighted by molar-refractivity contribution is -0.0150. The number of unbranched alkanes of at least 4 members (excludes halogenated alkanes) is 11. The van der Waals surface area contributed by atoms with Crippen LogP contribution in [0.3, 0.4) is 0 Å². The van der Waals surface area contributed by atoms with Crippen LogP contribution >= 0.6 is 0 Å². The first-order valence-electron chi connectivity index (χ1n) is 22.4. The summed E-state index contributed by atoms with van der Waals surface area (Å²) in [5.41, 5.74) is 0.370. The molecular formula is C48H85NO5Si2. The van der Waals surface area contributed by atoms with Crippen molar-refractivity contribution in [1.82, 2.24) is 5.32 Å². The Morgan fingerprint density at radius 3 is 1.45 bits per heavy atom. The van der Waals surface area contributed by atoms with E-state index < -0.39 is 46.6 Å². The van der Waals surface area contributed by atoms with Gasteiger partial charge in [0.15, 0.2) is 8.32 Å². The Bertz CT molecular complexity index is 1280. The number of hydrogen-bond donors (Lipinski definition) is 2. The van der Waals surface area contributed by atoms with E-state index in [4.69, 9.17) is 13.6 Å². The van der Waals surface area contributed by atoms with E-state index in [1.54, 1.807) is 0 Å². The van der Waals surface area contributed by atoms with Crippen molar-refractivity contribution in [3.05, 3.63) is 60.7 Å². The van der Waals surface area contributed by atoms with Gasteiger partial charge in [0.25, 0.3) is 8.32 Å². The van der Waals surface area contributed by atoms with Gasteiger partial charge in [-0.2, -0.15) is 0 Å². The second-order valence-electron chi connectivity index (χ2n) is 19.4. The number of aliphatic hydroxyl groups is 1. The van der Waals surface area contributed by atoms with Crippen LogP contribution in [0.2, 0.25) is 21.7 Å². The van der Waals surface area contributed by atoms with Gasteiger partial charge in [-0.05, 0) is 59.2 Å². The van der Waals surface area contributed by atoms with Crippen LogP contribution in [0, 0.1) is 0 Å². The van der Waals surface area contributed by atoms with Gasteiger partial charge in [-0.1, -0.05) is 207 Å². The molecule has 0 heterocycles. The minimum atomic E-state index is -3.16. The maximum absolute atomic E-state index is 13.8. The van der Waals surface area contributed by atoms with E-state index in [0.717, 1.165) is 29.6 Å². The fourth-order valence-electron chi connectivity index (χ4n) is 9.09. The third kappa shape index (κ3) is 15.0. The summed E-state index contributed by atoms with van der Waals surface area (Å²) in [6.07, 6.45) is 13.5. The maximum Gasteiger partial charge on any atom is 0.408 e. The van der Waals surface area contributed by atoms with Crippen molar-refractivity contribution >= 4 is 33.1 Å². The van der Waals surface area contributed by atoms with Crippen LogP contribution in [0.1, 0.15) is 173 Å². The molecule has 56 heavy (non-hydrogen) atoms. The number of aliphatic hydroxyl groups excluding tert-OH is 1. The molecule has 320 valence electrons. The fourth-order valence-corrected chi connectivity index (χ4v) is 19.3. The van der Waals surface area contributed by atoms with Crippen LogP contribution in [0.25, 0.3) is 0 Å². The molecule has 0 fully saturated rings. The number of rotatable bonds is 26. The van der Waals surface area contributed by atoms with Gasteiger partial charge in [0.05, 0.1) is 24.9 Å². The Morgan fingerprint density at radius 1 is 0.661 bits per heavy atom. The molecule has 1 amide bonds. The third-order valence-corrected chi connectivity index (χ3v) is 22.9. The predicted molar refractivity (Wildman–Crippen MR) is 244 cm³/mol. The zero-order valence-corrected chi connectivity index (χ0v) is 40.2. The lowest BCUT2D eigenvalue weighted by Gasteiger charge is -2.48. The van der Waals surface area contributed by atoms with Gasteiger partial charge < -0.3 is 24.0 Å². The molecule has 0 aromatic heterocycles. The fraction of sp³-hybridized carbons (Fsp3) is 0.729. The van der Waals surface area contributed by atoms with E-state index in [1.807, 2.05) is 32.9 Å². The van der Waals surface area contributed by atoms with Crippen molar-refractivity contribution in [2.45, 2.75) is 219 Å². The molecule has 2 aromatic rings. The summed E-state index contributed by atoms with van der Waals surface area (Å²) in [6, 6.07) is 20.5. The van der Waals surface area contributed by atoms with E-state index in [1.165, 1.54) is 57.8 Å². The maximum atomic E-state index is 13.8. The molecule has 0 aliphatic heterocycles. The highest BCUT2D eigenvalue weighted by Gasteiger charge is 2.54. The van der Waals surface area contributed by atoms with E-state index in [2.05, 4.69) is 123 Å². The highest BCUT2D eigenvalue weighted by molar-refractivity contribution is 6.99. The average molecular weight is 812 g/mol. The Labute approximate surface area is 346 Å². The number of ether oxygens (including phenoxy) is 1. The quantitative estimate of drug-likeness (QED) is 0.0731. The van der Waals surface area contributed by atoms with Crippen LogP contribution < -0.4 is 15.7 Å². The topological polar surface area (TPSA) is 77.0 Å². The van der Waals surface area contributed by atoms with Gasteiger partial charge in [0.1, 0.15) is 5.60 Å². The Kier molecular flexibility index (Phi) is 21.7. The van der Waals surface area contributed by atoms with E-state index in [9.17, 15) is 9.90 Å². The molecule has 2 rings (SSSR count). The molecule has 0 saturated carbocycles. The lowest BCUT2D eigenvalue weighted by Crippen LogP contribution is -2.70. The highest BCUT2D eigenvalue weighted by Crippen LogP contribution is 2.43. The summed E-state index contributed by atoms with van der Waals surface area (Å²) in [4.78, 5) is 13.8. The van der Waals surface area contributed by atoms with Crippen molar-refractivity contribution in [3.63, 3.8) is 0 Å². The smallest absolute Gasteiger partial charge is 0.408 e. The van der Waals surface area contributed by atoms with Crippen LogP contribution in [0.15, 0.2) is 60.7 Å². The minimum absolute atomic E-state index is 0.235. The van der Waals surface area contributed by atoms with Crippen LogP contribution in [-0.2, 0) is 13.6 Å². The van der Waals surface area contributed by atoms with E-state index in [0.29, 0.717) is 23.0 Å². The first-order chi connectivity index (χ1) is 26.3. The number of carbonyl (C=O) groups excluding carboxylic acids is 1. The largest absolute Gasteiger partial charge is 0.444 e. The van der Waals surface area contributed by atoms with Crippen LogP contribution in [-0.4, -0.2) is 58.3 Å². The second-order valence-corrected chi connectivity index (χ2v) is 29.1. The average Bonchev–Trinajstić information content (AvgIpc) is 3.11. The van der Waals surface area contributed by atoms with Crippen molar-refractivity contribution in [1.29, 1.82) is 0 Å². The molecule has 0 bridgehead atoms. The van der Waals surface area contributed by atoms with Crippen LogP contribution in [0.4, 0.5) is 4.79 Å². The van der Waals surface area contributed by atoms with E-state index in [-0.39, 0.29) is 11.6 Å². The standard InChI is InChI=1S/C48H85NO5Si2/c1-14-15-16-17-18-19-20-21-22-23-24-31-36-44(50)45(54-56(48(11,12)13,41-32-27-25-28-33-41)42-34-29-26-30-35-42)43(49-46(51)53-47(8,9)10)37-52-55(38(2)3,39(4)5)40(6)7/h25-30,32-35,38-40,43-45,50H,14-24,31,36-37H2,1-13H3,(H,49,51)/t43-,44+,45-/m0/s1. The zero-order chi connectivity index (χ0) is 42.0. The van der Waals surface area contributed by atoms with Crippen molar-refractivity contribution < 1.29 is 23.5 Å². The molecule has 0 radical (unpaired) electrons. The predicted octanol–water partition coefficient (Wildman–Crippen LogP) is 12.5. The van der Waals surface area contributed by atoms with Crippen molar-refractivity contribution in [2.24, 2.45) is 0 Å². The van der Waals surface area contributed by atoms with Crippen LogP contribution in [0.5, 0.6) is 0 Å². The van der Waals surface area contributed by atoms with Gasteiger partial charge in [0.2, 0.25) is 0 Å². The summed E-state index contributed by atoms with van der Waals surface area (Å²) in [5, 5.41) is 17.7. The van der Waals surface area contributed by atoms with Crippen molar-refractivity contribution in [2.75, 3.05) is 6.61 Å². The molecule has 0 aliphatic rings. The molecule has 0 aliphatic carbocycles. The minimum Gasteiger partial charge on any atom is -0.444 e. The number of hydrogen-bond acceptors (Lipinski definition) is 5. The molecule has 2 N–H and O–H groups in total. The first-order valence-corrected chi connectivity index (χ1v) is 26.5. The number of carbonyl (C=O) groups is 1. The lowest BCUT2D eigenvalue weighted by atomic mass is 9.99. The number of nitrogens with one attached hydrogen (secondary N) is 1. The summed E-state index contributed by atoms with van der Waals surface area (Å²) in [7, 11) is -5.53. The molecule has 0 saturated heterocycles. The zero-order valence-electron chi connectivity index (χ0n) is 38.2. The molecule has 8 heteroatoms.